The summed E-state index contributed by atoms with van der Waals surface area (Å²) < 4.78 is 20.4. The van der Waals surface area contributed by atoms with E-state index in [1.807, 2.05) is 12.1 Å². The smallest absolute Gasteiger partial charge is 0.459 e. The van der Waals surface area contributed by atoms with Crippen LogP contribution in [0.1, 0.15) is 42.1 Å². The number of ether oxygens (including phenoxy) is 4. The van der Waals surface area contributed by atoms with Crippen LogP contribution in [0.15, 0.2) is 109 Å². The summed E-state index contributed by atoms with van der Waals surface area (Å²) in [6, 6.07) is 26.0. The number of esters is 1. The summed E-state index contributed by atoms with van der Waals surface area (Å²) in [5, 5.41) is 17.6. The lowest BCUT2D eigenvalue weighted by Gasteiger charge is -2.52. The molecule has 0 aromatic heterocycles. The summed E-state index contributed by atoms with van der Waals surface area (Å²) in [6.45, 7) is 3.07. The highest BCUT2D eigenvalue weighted by atomic mass is 32.2. The maximum atomic E-state index is 14.2. The van der Waals surface area contributed by atoms with Gasteiger partial charge in [0, 0.05) is 16.9 Å². The number of non-ortho nitro benzene ring substituents is 1. The Morgan fingerprint density at radius 1 is 0.828 bits per heavy atom. The molecule has 18 heteroatoms. The molecule has 2 aliphatic rings. The van der Waals surface area contributed by atoms with Crippen molar-refractivity contribution in [3.63, 3.8) is 0 Å². The van der Waals surface area contributed by atoms with E-state index in [0.717, 1.165) is 22.9 Å². The number of thioether (sulfide) groups is 1. The number of rotatable bonds is 15. The van der Waals surface area contributed by atoms with Gasteiger partial charge in [-0.2, -0.15) is 0 Å². The molecule has 4 aromatic carbocycles. The van der Waals surface area contributed by atoms with Crippen LogP contribution in [0.2, 0.25) is 0 Å². The zero-order chi connectivity index (χ0) is 41.5. The maximum absolute atomic E-state index is 14.2. The van der Waals surface area contributed by atoms with Gasteiger partial charge in [0.25, 0.3) is 11.6 Å². The highest BCUT2D eigenvalue weighted by molar-refractivity contribution is 8.01. The molecule has 4 amide bonds. The summed E-state index contributed by atoms with van der Waals surface area (Å²) in [4.78, 5) is 90.9. The third-order valence-electron chi connectivity index (χ3n) is 9.26. The molecule has 300 valence electrons. The first-order valence-electron chi connectivity index (χ1n) is 17.7. The molecule has 6 rings (SSSR count). The van der Waals surface area contributed by atoms with Gasteiger partial charge in [-0.05, 0) is 60.4 Å². The van der Waals surface area contributed by atoms with Crippen LogP contribution in [-0.4, -0.2) is 68.1 Å². The minimum absolute atomic E-state index is 0.0370. The van der Waals surface area contributed by atoms with Crippen molar-refractivity contribution < 1.29 is 52.6 Å². The van der Waals surface area contributed by atoms with Crippen molar-refractivity contribution in [2.45, 2.75) is 61.5 Å². The zero-order valence-electron chi connectivity index (χ0n) is 31.0. The molecule has 0 aliphatic carbocycles. The number of fused-ring (bicyclic) bond motifs is 1. The van der Waals surface area contributed by atoms with Crippen LogP contribution in [0.5, 0.6) is 5.75 Å². The van der Waals surface area contributed by atoms with Crippen molar-refractivity contribution in [3.05, 3.63) is 142 Å². The zero-order valence-corrected chi connectivity index (χ0v) is 31.8. The summed E-state index contributed by atoms with van der Waals surface area (Å²) >= 11 is 1.16. The molecule has 58 heavy (non-hydrogen) atoms. The van der Waals surface area contributed by atoms with Crippen LogP contribution >= 0.6 is 11.8 Å². The lowest BCUT2D eigenvalue weighted by atomic mass is 9.90. The van der Waals surface area contributed by atoms with Crippen molar-refractivity contribution in [2.24, 2.45) is 0 Å². The molecule has 0 radical (unpaired) electrons. The molecule has 2 saturated heterocycles. The number of carbonyl (C=O) groups excluding carboxylic acids is 6. The van der Waals surface area contributed by atoms with Gasteiger partial charge in [-0.1, -0.05) is 72.8 Å². The average molecular weight is 812 g/mol. The molecule has 1 unspecified atom stereocenters. The fourth-order valence-electron chi connectivity index (χ4n) is 6.38. The Morgan fingerprint density at radius 3 is 1.98 bits per heavy atom. The van der Waals surface area contributed by atoms with Crippen LogP contribution < -0.4 is 20.7 Å². The molecule has 4 aromatic rings. The number of nitro benzene ring substituents is 1. The topological polar surface area (TPSA) is 222 Å². The third-order valence-corrected chi connectivity index (χ3v) is 10.9. The molecule has 2 heterocycles. The van der Waals surface area contributed by atoms with E-state index in [0.29, 0.717) is 5.56 Å². The van der Waals surface area contributed by atoms with E-state index >= 15 is 0 Å². The van der Waals surface area contributed by atoms with Gasteiger partial charge >= 0.3 is 18.2 Å². The summed E-state index contributed by atoms with van der Waals surface area (Å²) in [5.41, 5.74) is -0.173. The number of amides is 4. The SMILES string of the molecule is CC1(C)S[C@H]2N(C(=O)[C@@]2(NC=O)NC(=O)C(NC(=O)OCc2ccc([N+](=O)[O-])cc2)c2ccc(OC(=O)OCc3ccccc3)cc2)[C@H]1C(=O)OCc1ccccc1. The van der Waals surface area contributed by atoms with Crippen molar-refractivity contribution in [3.8, 4) is 5.75 Å². The number of hydrogen-bond donors (Lipinski definition) is 3. The minimum Gasteiger partial charge on any atom is -0.459 e. The first kappa shape index (κ1) is 40.7. The van der Waals surface area contributed by atoms with Gasteiger partial charge in [0.2, 0.25) is 18.0 Å². The van der Waals surface area contributed by atoms with Gasteiger partial charge in [0.05, 0.1) is 4.92 Å². The van der Waals surface area contributed by atoms with Crippen molar-refractivity contribution in [1.82, 2.24) is 20.9 Å². The van der Waals surface area contributed by atoms with Gasteiger partial charge in [0.1, 0.15) is 43.0 Å². The summed E-state index contributed by atoms with van der Waals surface area (Å²) in [6.07, 6.45) is -1.83. The van der Waals surface area contributed by atoms with Crippen LogP contribution in [-0.2, 0) is 53.2 Å². The lowest BCUT2D eigenvalue weighted by Crippen LogP contribution is -2.85. The van der Waals surface area contributed by atoms with Crippen LogP contribution in [0.4, 0.5) is 15.3 Å². The molecule has 0 saturated carbocycles. The maximum Gasteiger partial charge on any atom is 0.514 e. The second kappa shape index (κ2) is 17.5. The number of hydrogen-bond acceptors (Lipinski definition) is 13. The van der Waals surface area contributed by atoms with Gasteiger partial charge in [-0.25, -0.2) is 14.4 Å². The van der Waals surface area contributed by atoms with Crippen molar-refractivity contribution in [1.29, 1.82) is 0 Å². The second-order valence-corrected chi connectivity index (χ2v) is 15.3. The normalized spacial score (nSPS) is 19.3. The Morgan fingerprint density at radius 2 is 1.40 bits per heavy atom. The second-order valence-electron chi connectivity index (χ2n) is 13.6. The van der Waals surface area contributed by atoms with Crippen molar-refractivity contribution in [2.75, 3.05) is 0 Å². The van der Waals surface area contributed by atoms with Gasteiger partial charge in [-0.3, -0.25) is 24.5 Å². The van der Waals surface area contributed by atoms with Gasteiger partial charge in [0.15, 0.2) is 0 Å². The monoisotopic (exact) mass is 811 g/mol. The van der Waals surface area contributed by atoms with E-state index < -0.39 is 62.8 Å². The standard InChI is InChI=1S/C40H37N5O12S/c1-39(2)32(34(48)54-21-25-9-5-3-6-10-25)44-35(49)40(41-24-46,36(44)58-39)43-33(47)31(42-37(50)55-22-27-13-17-29(18-14-27)45(52)53)28-15-19-30(20-16-28)57-38(51)56-23-26-11-7-4-8-12-26/h3-20,24,31-32,36H,21-23H2,1-2H3,(H,41,46)(H,42,50)(H,43,47)/t31?,32-,36+,40+/m0/s1. The number of nitro groups is 1. The highest BCUT2D eigenvalue weighted by Crippen LogP contribution is 2.54. The first-order chi connectivity index (χ1) is 27.8. The van der Waals surface area contributed by atoms with E-state index in [1.54, 1.807) is 62.4 Å². The number of β-lactam (4-membered cyclic amide) rings is 1. The van der Waals surface area contributed by atoms with Crippen molar-refractivity contribution >= 4 is 53.9 Å². The fraction of sp³-hybridized carbons (Fsp3) is 0.250. The Bertz CT molecular complexity index is 2170. The molecule has 4 atom stereocenters. The Hall–Kier alpha value is -6.95. The summed E-state index contributed by atoms with van der Waals surface area (Å²) in [5.74, 6) is -2.39. The largest absolute Gasteiger partial charge is 0.514 e. The van der Waals surface area contributed by atoms with Crippen LogP contribution in [0, 0.1) is 10.1 Å². The number of benzene rings is 4. The Labute approximate surface area is 335 Å². The molecular weight excluding hydrogens is 775 g/mol. The summed E-state index contributed by atoms with van der Waals surface area (Å²) in [7, 11) is 0. The fourth-order valence-corrected chi connectivity index (χ4v) is 8.03. The van der Waals surface area contributed by atoms with E-state index in [9.17, 15) is 38.9 Å². The average Bonchev–Trinajstić information content (AvgIpc) is 3.50. The Balaban J connectivity index is 1.19. The number of alkyl carbamates (subject to hydrolysis) is 1. The number of carbonyl (C=O) groups is 6. The Kier molecular flexibility index (Phi) is 12.3. The minimum atomic E-state index is -2.04. The predicted molar refractivity (Wildman–Crippen MR) is 205 cm³/mol. The van der Waals surface area contributed by atoms with Crippen LogP contribution in [0.3, 0.4) is 0 Å². The van der Waals surface area contributed by atoms with Gasteiger partial charge in [-0.15, -0.1) is 11.8 Å². The molecule has 2 fully saturated rings. The molecule has 17 nitrogen and oxygen atoms in total. The van der Waals surface area contributed by atoms with E-state index in [2.05, 4.69) is 16.0 Å². The third kappa shape index (κ3) is 9.02. The van der Waals surface area contributed by atoms with E-state index in [-0.39, 0.29) is 43.2 Å². The first-order valence-corrected chi connectivity index (χ1v) is 18.6. The quantitative estimate of drug-likeness (QED) is 0.0218. The number of nitrogens with zero attached hydrogens (tertiary/aromatic N) is 2. The molecule has 2 aliphatic heterocycles. The van der Waals surface area contributed by atoms with E-state index in [4.69, 9.17) is 18.9 Å². The molecule has 0 bridgehead atoms. The highest BCUT2D eigenvalue weighted by Gasteiger charge is 2.73. The van der Waals surface area contributed by atoms with E-state index in [1.165, 1.54) is 53.4 Å². The predicted octanol–water partition coefficient (Wildman–Crippen LogP) is 4.64. The molecule has 0 spiro atoms. The molecular formula is C40H37N5O12S. The molecule has 3 N–H and O–H groups in total. The van der Waals surface area contributed by atoms with Crippen LogP contribution in [0.25, 0.3) is 0 Å². The van der Waals surface area contributed by atoms with Gasteiger partial charge < -0.3 is 39.8 Å². The lowest BCUT2D eigenvalue weighted by molar-refractivity contribution is -0.384. The number of nitrogens with one attached hydrogen (secondary N) is 3.